The average molecular weight is 318 g/mol. The van der Waals surface area contributed by atoms with Gasteiger partial charge in [-0.05, 0) is 43.9 Å². The molecule has 1 aromatic rings. The topological polar surface area (TPSA) is 75.4 Å². The molecule has 1 heterocycles. The maximum atomic E-state index is 12.4. The van der Waals surface area contributed by atoms with Gasteiger partial charge in [-0.3, -0.25) is 4.72 Å². The predicted octanol–water partition coefficient (Wildman–Crippen LogP) is 1.98. The quantitative estimate of drug-likeness (QED) is 0.891. The molecule has 0 amide bonds. The van der Waals surface area contributed by atoms with E-state index in [1.54, 1.807) is 12.1 Å². The highest BCUT2D eigenvalue weighted by atomic mass is 35.5. The van der Waals surface area contributed by atoms with Gasteiger partial charge < -0.3 is 5.73 Å². The van der Waals surface area contributed by atoms with Gasteiger partial charge in [-0.1, -0.05) is 23.7 Å². The number of anilines is 1. The molecule has 0 aliphatic carbocycles. The third kappa shape index (κ3) is 3.44. The number of nitrogens with zero attached hydrogens (tertiary/aromatic N) is 1. The molecule has 1 aromatic carbocycles. The number of nitrogens with one attached hydrogen (secondary N) is 1. The third-order valence-corrected chi connectivity index (χ3v) is 5.52. The first-order chi connectivity index (χ1) is 9.44. The van der Waals surface area contributed by atoms with Crippen molar-refractivity contribution in [2.75, 3.05) is 24.4 Å². The van der Waals surface area contributed by atoms with E-state index in [2.05, 4.69) is 4.72 Å². The first-order valence-electron chi connectivity index (χ1n) is 6.67. The van der Waals surface area contributed by atoms with Crippen LogP contribution in [0, 0.1) is 12.8 Å². The van der Waals surface area contributed by atoms with E-state index in [0.717, 1.165) is 18.4 Å². The molecule has 7 heteroatoms. The molecule has 5 nitrogen and oxygen atoms in total. The van der Waals surface area contributed by atoms with Crippen molar-refractivity contribution in [3.63, 3.8) is 0 Å². The number of nitrogens with two attached hydrogens (primary N) is 1. The van der Waals surface area contributed by atoms with Crippen LogP contribution in [0.1, 0.15) is 18.4 Å². The van der Waals surface area contributed by atoms with Crippen LogP contribution >= 0.6 is 11.6 Å². The highest BCUT2D eigenvalue weighted by Gasteiger charge is 2.28. The maximum Gasteiger partial charge on any atom is 0.301 e. The number of halogens is 1. The molecule has 0 aromatic heterocycles. The van der Waals surface area contributed by atoms with E-state index in [1.165, 1.54) is 4.31 Å². The first kappa shape index (κ1) is 15.6. The van der Waals surface area contributed by atoms with Gasteiger partial charge in [0.2, 0.25) is 0 Å². The van der Waals surface area contributed by atoms with Gasteiger partial charge in [0, 0.05) is 13.1 Å². The lowest BCUT2D eigenvalue weighted by atomic mass is 9.99. The summed E-state index contributed by atoms with van der Waals surface area (Å²) in [6.07, 6.45) is 1.61. The summed E-state index contributed by atoms with van der Waals surface area (Å²) >= 11 is 6.06. The maximum absolute atomic E-state index is 12.4. The number of aryl methyl sites for hydroxylation is 1. The lowest BCUT2D eigenvalue weighted by molar-refractivity contribution is 0.280. The van der Waals surface area contributed by atoms with E-state index in [-0.39, 0.29) is 0 Å². The molecular weight excluding hydrogens is 298 g/mol. The van der Waals surface area contributed by atoms with Crippen molar-refractivity contribution in [3.8, 4) is 0 Å². The molecule has 3 N–H and O–H groups in total. The molecular formula is C13H20ClN3O2S. The highest BCUT2D eigenvalue weighted by molar-refractivity contribution is 7.90. The van der Waals surface area contributed by atoms with Crippen LogP contribution in [0.4, 0.5) is 5.69 Å². The fourth-order valence-corrected chi connectivity index (χ4v) is 4.01. The van der Waals surface area contributed by atoms with Crippen LogP contribution in [0.25, 0.3) is 0 Å². The lowest BCUT2D eigenvalue weighted by Crippen LogP contribution is -2.42. The zero-order valence-electron chi connectivity index (χ0n) is 11.5. The molecule has 1 saturated heterocycles. The van der Waals surface area contributed by atoms with Crippen LogP contribution in [-0.2, 0) is 10.2 Å². The molecule has 0 radical (unpaired) electrons. The van der Waals surface area contributed by atoms with Gasteiger partial charge in [0.15, 0.2) is 0 Å². The largest absolute Gasteiger partial charge is 0.330 e. The standard InChI is InChI=1S/C13H20ClN3O2S/c1-10-3-2-4-12(14)13(10)16-20(18,19)17-7-5-11(9-15)6-8-17/h2-4,11,16H,5-9,15H2,1H3. The zero-order chi connectivity index (χ0) is 14.8. The molecule has 0 spiro atoms. The van der Waals surface area contributed by atoms with Crippen LogP contribution in [0.15, 0.2) is 18.2 Å². The van der Waals surface area contributed by atoms with Crippen molar-refractivity contribution in [1.82, 2.24) is 4.31 Å². The molecule has 2 rings (SSSR count). The zero-order valence-corrected chi connectivity index (χ0v) is 13.0. The molecule has 1 fully saturated rings. The normalized spacial score (nSPS) is 18.1. The van der Waals surface area contributed by atoms with Crippen molar-refractivity contribution in [1.29, 1.82) is 0 Å². The smallest absolute Gasteiger partial charge is 0.301 e. The molecule has 0 unspecified atom stereocenters. The molecule has 1 aliphatic heterocycles. The Kier molecular flexibility index (Phi) is 4.90. The Morgan fingerprint density at radius 2 is 2.05 bits per heavy atom. The molecule has 0 bridgehead atoms. The van der Waals surface area contributed by atoms with Gasteiger partial charge in [0.1, 0.15) is 0 Å². The van der Waals surface area contributed by atoms with Crippen molar-refractivity contribution in [2.24, 2.45) is 11.7 Å². The van der Waals surface area contributed by atoms with E-state index in [9.17, 15) is 8.42 Å². The highest BCUT2D eigenvalue weighted by Crippen LogP contribution is 2.28. The van der Waals surface area contributed by atoms with Crippen LogP contribution in [0.2, 0.25) is 5.02 Å². The van der Waals surface area contributed by atoms with Crippen LogP contribution in [0.3, 0.4) is 0 Å². The molecule has 0 atom stereocenters. The van der Waals surface area contributed by atoms with E-state index >= 15 is 0 Å². The summed E-state index contributed by atoms with van der Waals surface area (Å²) in [7, 11) is -3.55. The number of piperidine rings is 1. The van der Waals surface area contributed by atoms with Gasteiger partial charge >= 0.3 is 10.2 Å². The average Bonchev–Trinajstić information content (AvgIpc) is 2.43. The summed E-state index contributed by atoms with van der Waals surface area (Å²) in [6, 6.07) is 5.29. The Bertz CT molecular complexity index is 549. The Labute approximate surface area is 125 Å². The fourth-order valence-electron chi connectivity index (χ4n) is 2.34. The molecule has 112 valence electrons. The van der Waals surface area contributed by atoms with Crippen LogP contribution in [-0.4, -0.2) is 32.4 Å². The predicted molar refractivity (Wildman–Crippen MR) is 82.1 cm³/mol. The van der Waals surface area contributed by atoms with Crippen LogP contribution in [0.5, 0.6) is 0 Å². The Hall–Kier alpha value is -0.820. The molecule has 0 saturated carbocycles. The summed E-state index contributed by atoms with van der Waals surface area (Å²) in [5.41, 5.74) is 6.88. The van der Waals surface area contributed by atoms with E-state index in [4.69, 9.17) is 17.3 Å². The van der Waals surface area contributed by atoms with Crippen molar-refractivity contribution < 1.29 is 8.42 Å². The summed E-state index contributed by atoms with van der Waals surface area (Å²) in [5, 5.41) is 0.408. The van der Waals surface area contributed by atoms with E-state index in [1.807, 2.05) is 13.0 Å². The van der Waals surface area contributed by atoms with Crippen LogP contribution < -0.4 is 10.5 Å². The first-order valence-corrected chi connectivity index (χ1v) is 8.49. The Morgan fingerprint density at radius 3 is 2.60 bits per heavy atom. The van der Waals surface area contributed by atoms with Gasteiger partial charge in [0.25, 0.3) is 0 Å². The van der Waals surface area contributed by atoms with E-state index < -0.39 is 10.2 Å². The Balaban J connectivity index is 2.12. The number of benzene rings is 1. The number of hydrogen-bond acceptors (Lipinski definition) is 3. The lowest BCUT2D eigenvalue weighted by Gasteiger charge is -2.30. The monoisotopic (exact) mass is 317 g/mol. The van der Waals surface area contributed by atoms with Crippen molar-refractivity contribution in [3.05, 3.63) is 28.8 Å². The van der Waals surface area contributed by atoms with Gasteiger partial charge in [-0.2, -0.15) is 12.7 Å². The molecule has 20 heavy (non-hydrogen) atoms. The minimum atomic E-state index is -3.55. The summed E-state index contributed by atoms with van der Waals surface area (Å²) < 4.78 is 28.8. The Morgan fingerprint density at radius 1 is 1.40 bits per heavy atom. The van der Waals surface area contributed by atoms with Crippen molar-refractivity contribution in [2.45, 2.75) is 19.8 Å². The summed E-state index contributed by atoms with van der Waals surface area (Å²) in [5.74, 6) is 0.420. The number of rotatable bonds is 4. The second kappa shape index (κ2) is 6.30. The minimum Gasteiger partial charge on any atom is -0.330 e. The fraction of sp³-hybridized carbons (Fsp3) is 0.538. The summed E-state index contributed by atoms with van der Waals surface area (Å²) in [4.78, 5) is 0. The number of hydrogen-bond donors (Lipinski definition) is 2. The minimum absolute atomic E-state index is 0.408. The van der Waals surface area contributed by atoms with Gasteiger partial charge in [-0.25, -0.2) is 0 Å². The second-order valence-corrected chi connectivity index (χ2v) is 7.19. The summed E-state index contributed by atoms with van der Waals surface area (Å²) in [6.45, 7) is 3.44. The molecule has 1 aliphatic rings. The van der Waals surface area contributed by atoms with Gasteiger partial charge in [0.05, 0.1) is 10.7 Å². The van der Waals surface area contributed by atoms with E-state index in [0.29, 0.717) is 36.3 Å². The second-order valence-electron chi connectivity index (χ2n) is 5.12. The van der Waals surface area contributed by atoms with Gasteiger partial charge in [-0.15, -0.1) is 0 Å². The van der Waals surface area contributed by atoms with Crippen molar-refractivity contribution >= 4 is 27.5 Å². The third-order valence-electron chi connectivity index (χ3n) is 3.70. The SMILES string of the molecule is Cc1cccc(Cl)c1NS(=O)(=O)N1CCC(CN)CC1. The number of para-hydroxylation sites is 1.